The largest absolute Gasteiger partial charge is 0.459 e. The molecule has 4 aromatic rings. The van der Waals surface area contributed by atoms with E-state index in [1.807, 2.05) is 36.4 Å². The molecule has 0 N–H and O–H groups in total. The van der Waals surface area contributed by atoms with Gasteiger partial charge in [-0.2, -0.15) is 0 Å². The van der Waals surface area contributed by atoms with Crippen molar-refractivity contribution >= 4 is 27.5 Å². The van der Waals surface area contributed by atoms with Gasteiger partial charge in [0.05, 0.1) is 23.6 Å². The van der Waals surface area contributed by atoms with Crippen molar-refractivity contribution in [3.63, 3.8) is 0 Å². The Morgan fingerprint density at radius 1 is 1.10 bits per heavy atom. The maximum absolute atomic E-state index is 12.9. The minimum atomic E-state index is -0.364. The summed E-state index contributed by atoms with van der Waals surface area (Å²) in [4.78, 5) is 26.4. The Balaban J connectivity index is 1.59. The fourth-order valence-electron chi connectivity index (χ4n) is 2.93. The van der Waals surface area contributed by atoms with Gasteiger partial charge in [0.2, 0.25) is 0 Å². The monoisotopic (exact) mass is 405 g/mol. The lowest BCUT2D eigenvalue weighted by Gasteiger charge is -2.08. The number of ether oxygens (including phenoxy) is 1. The second-order valence-corrected chi connectivity index (χ2v) is 7.93. The lowest BCUT2D eigenvalue weighted by molar-refractivity contribution is 0.0378. The zero-order valence-electron chi connectivity index (χ0n) is 16.0. The molecule has 0 atom stereocenters. The van der Waals surface area contributed by atoms with Crippen molar-refractivity contribution in [1.82, 2.24) is 15.0 Å². The molecule has 4 rings (SSSR count). The molecule has 146 valence electrons. The molecule has 0 aliphatic carbocycles. The fraction of sp³-hybridized carbons (Fsp3) is 0.182. The van der Waals surface area contributed by atoms with Crippen LogP contribution in [0.2, 0.25) is 0 Å². The summed E-state index contributed by atoms with van der Waals surface area (Å²) in [6, 6.07) is 18.7. The molecule has 2 heterocycles. The standard InChI is InChI=1S/C22H19N3O3S/c1-14(2)28-22(27)17-10-8-15(9-11-17)13-25-21(26)18-12-19(29-20(18)23-24-25)16-6-4-3-5-7-16/h3-12,14H,13H2,1-2H3. The summed E-state index contributed by atoms with van der Waals surface area (Å²) in [6.45, 7) is 3.89. The Labute approximate surface area is 171 Å². The Bertz CT molecular complexity index is 1210. The lowest BCUT2D eigenvalue weighted by atomic mass is 10.1. The summed E-state index contributed by atoms with van der Waals surface area (Å²) in [5.41, 5.74) is 2.18. The number of benzene rings is 2. The van der Waals surface area contributed by atoms with E-state index in [9.17, 15) is 9.59 Å². The highest BCUT2D eigenvalue weighted by Gasteiger charge is 2.13. The number of aromatic nitrogens is 3. The first-order chi connectivity index (χ1) is 14.0. The van der Waals surface area contributed by atoms with Gasteiger partial charge in [-0.05, 0) is 43.2 Å². The Morgan fingerprint density at radius 2 is 1.83 bits per heavy atom. The third-order valence-corrected chi connectivity index (χ3v) is 5.41. The van der Waals surface area contributed by atoms with Crippen LogP contribution in [0, 0.1) is 0 Å². The van der Waals surface area contributed by atoms with Gasteiger partial charge < -0.3 is 4.74 Å². The number of hydrogen-bond acceptors (Lipinski definition) is 6. The van der Waals surface area contributed by atoms with Gasteiger partial charge in [-0.25, -0.2) is 9.48 Å². The summed E-state index contributed by atoms with van der Waals surface area (Å²) in [6.07, 6.45) is -0.172. The summed E-state index contributed by atoms with van der Waals surface area (Å²) >= 11 is 1.45. The predicted molar refractivity (Wildman–Crippen MR) is 113 cm³/mol. The molecule has 6 nitrogen and oxygen atoms in total. The SMILES string of the molecule is CC(C)OC(=O)c1ccc(Cn2nnc3sc(-c4ccccc4)cc3c2=O)cc1. The molecule has 0 radical (unpaired) electrons. The van der Waals surface area contributed by atoms with Crippen LogP contribution in [0.15, 0.2) is 65.5 Å². The molecular weight excluding hydrogens is 386 g/mol. The van der Waals surface area contributed by atoms with E-state index in [4.69, 9.17) is 4.74 Å². The van der Waals surface area contributed by atoms with Crippen LogP contribution in [-0.4, -0.2) is 27.1 Å². The first kappa shape index (κ1) is 19.0. The third kappa shape index (κ3) is 4.09. The molecule has 29 heavy (non-hydrogen) atoms. The Hall–Kier alpha value is -3.32. The van der Waals surface area contributed by atoms with E-state index in [0.717, 1.165) is 16.0 Å². The van der Waals surface area contributed by atoms with E-state index < -0.39 is 0 Å². The van der Waals surface area contributed by atoms with Crippen molar-refractivity contribution < 1.29 is 9.53 Å². The topological polar surface area (TPSA) is 74.1 Å². The zero-order valence-corrected chi connectivity index (χ0v) is 16.8. The highest BCUT2D eigenvalue weighted by molar-refractivity contribution is 7.21. The number of rotatable bonds is 5. The van der Waals surface area contributed by atoms with E-state index in [1.165, 1.54) is 16.0 Å². The quantitative estimate of drug-likeness (QED) is 0.467. The zero-order chi connectivity index (χ0) is 20.4. The molecule has 0 unspecified atom stereocenters. The minimum absolute atomic E-state index is 0.172. The number of thiophene rings is 1. The molecule has 0 saturated heterocycles. The van der Waals surface area contributed by atoms with E-state index in [0.29, 0.717) is 15.8 Å². The van der Waals surface area contributed by atoms with Crippen LogP contribution in [0.4, 0.5) is 0 Å². The fourth-order valence-corrected chi connectivity index (χ4v) is 3.91. The highest BCUT2D eigenvalue weighted by Crippen LogP contribution is 2.30. The molecule has 0 saturated carbocycles. The van der Waals surface area contributed by atoms with Crippen LogP contribution < -0.4 is 5.56 Å². The lowest BCUT2D eigenvalue weighted by Crippen LogP contribution is -2.24. The van der Waals surface area contributed by atoms with E-state index in [-0.39, 0.29) is 24.2 Å². The van der Waals surface area contributed by atoms with Gasteiger partial charge in [-0.15, -0.1) is 16.4 Å². The van der Waals surface area contributed by atoms with Gasteiger partial charge in [0, 0.05) is 4.88 Å². The molecule has 0 fully saturated rings. The minimum Gasteiger partial charge on any atom is -0.459 e. The molecule has 2 aromatic carbocycles. The highest BCUT2D eigenvalue weighted by atomic mass is 32.1. The van der Waals surface area contributed by atoms with Crippen LogP contribution >= 0.6 is 11.3 Å². The number of nitrogens with zero attached hydrogens (tertiary/aromatic N) is 3. The van der Waals surface area contributed by atoms with Crippen LogP contribution in [-0.2, 0) is 11.3 Å². The molecule has 0 spiro atoms. The number of carbonyl (C=O) groups excluding carboxylic acids is 1. The van der Waals surface area contributed by atoms with E-state index in [1.54, 1.807) is 38.1 Å². The summed E-state index contributed by atoms with van der Waals surface area (Å²) < 4.78 is 6.52. The second kappa shape index (κ2) is 7.97. The summed E-state index contributed by atoms with van der Waals surface area (Å²) in [5.74, 6) is -0.364. The van der Waals surface area contributed by atoms with Crippen molar-refractivity contribution in [1.29, 1.82) is 0 Å². The van der Waals surface area contributed by atoms with Crippen molar-refractivity contribution in [2.24, 2.45) is 0 Å². The normalized spacial score (nSPS) is 11.1. The van der Waals surface area contributed by atoms with Crippen molar-refractivity contribution in [3.05, 3.63) is 82.1 Å². The number of esters is 1. The maximum atomic E-state index is 12.9. The summed E-state index contributed by atoms with van der Waals surface area (Å²) in [5, 5.41) is 8.86. The van der Waals surface area contributed by atoms with Gasteiger partial charge in [-0.3, -0.25) is 4.79 Å². The Kier molecular flexibility index (Phi) is 5.22. The molecule has 7 heteroatoms. The molecule has 2 aromatic heterocycles. The molecule has 0 aliphatic heterocycles. The van der Waals surface area contributed by atoms with Crippen molar-refractivity contribution in [2.75, 3.05) is 0 Å². The first-order valence-corrected chi connectivity index (χ1v) is 10.1. The average Bonchev–Trinajstić information content (AvgIpc) is 3.16. The third-order valence-electron chi connectivity index (χ3n) is 4.34. The van der Waals surface area contributed by atoms with Crippen LogP contribution in [0.1, 0.15) is 29.8 Å². The summed E-state index contributed by atoms with van der Waals surface area (Å²) in [7, 11) is 0. The molecular formula is C22H19N3O3S. The van der Waals surface area contributed by atoms with Crippen molar-refractivity contribution in [2.45, 2.75) is 26.5 Å². The average molecular weight is 405 g/mol. The van der Waals surface area contributed by atoms with Crippen molar-refractivity contribution in [3.8, 4) is 10.4 Å². The van der Waals surface area contributed by atoms with Gasteiger partial charge in [0.1, 0.15) is 0 Å². The van der Waals surface area contributed by atoms with Crippen LogP contribution in [0.3, 0.4) is 0 Å². The van der Waals surface area contributed by atoms with Gasteiger partial charge in [-0.1, -0.05) is 47.7 Å². The van der Waals surface area contributed by atoms with Crippen LogP contribution in [0.5, 0.6) is 0 Å². The second-order valence-electron chi connectivity index (χ2n) is 6.90. The number of fused-ring (bicyclic) bond motifs is 1. The maximum Gasteiger partial charge on any atom is 0.338 e. The number of hydrogen-bond donors (Lipinski definition) is 0. The number of carbonyl (C=O) groups is 1. The first-order valence-electron chi connectivity index (χ1n) is 9.24. The van der Waals surface area contributed by atoms with Gasteiger partial charge in [0.25, 0.3) is 5.56 Å². The predicted octanol–water partition coefficient (Wildman–Crippen LogP) is 4.13. The molecule has 0 aliphatic rings. The van der Waals surface area contributed by atoms with Gasteiger partial charge >= 0.3 is 5.97 Å². The molecule has 0 amide bonds. The van der Waals surface area contributed by atoms with Gasteiger partial charge in [0.15, 0.2) is 4.83 Å². The molecule has 0 bridgehead atoms. The van der Waals surface area contributed by atoms with Crippen LogP contribution in [0.25, 0.3) is 20.7 Å². The van der Waals surface area contributed by atoms with E-state index in [2.05, 4.69) is 10.3 Å². The Morgan fingerprint density at radius 3 is 2.52 bits per heavy atom. The smallest absolute Gasteiger partial charge is 0.338 e. The van der Waals surface area contributed by atoms with E-state index >= 15 is 0 Å².